The van der Waals surface area contributed by atoms with Crippen molar-refractivity contribution < 1.29 is 0 Å². The van der Waals surface area contributed by atoms with E-state index in [1.54, 1.807) is 0 Å². The van der Waals surface area contributed by atoms with Gasteiger partial charge in [-0.1, -0.05) is 44.2 Å². The van der Waals surface area contributed by atoms with E-state index in [0.29, 0.717) is 0 Å². The van der Waals surface area contributed by atoms with Gasteiger partial charge >= 0.3 is 0 Å². The number of hydrogen-bond donors (Lipinski definition) is 1. The summed E-state index contributed by atoms with van der Waals surface area (Å²) in [6.07, 6.45) is 3.09. The van der Waals surface area contributed by atoms with Crippen LogP contribution in [0.3, 0.4) is 0 Å². The molecule has 3 nitrogen and oxygen atoms in total. The van der Waals surface area contributed by atoms with Crippen molar-refractivity contribution in [1.82, 2.24) is 15.1 Å². The van der Waals surface area contributed by atoms with Crippen molar-refractivity contribution >= 4 is 0 Å². The van der Waals surface area contributed by atoms with E-state index in [9.17, 15) is 0 Å². The summed E-state index contributed by atoms with van der Waals surface area (Å²) in [6.45, 7) is 7.13. The van der Waals surface area contributed by atoms with Crippen molar-refractivity contribution in [3.63, 3.8) is 0 Å². The van der Waals surface area contributed by atoms with Gasteiger partial charge in [-0.2, -0.15) is 5.10 Å². The van der Waals surface area contributed by atoms with Crippen LogP contribution in [0.4, 0.5) is 0 Å². The third-order valence-corrected chi connectivity index (χ3v) is 2.96. The highest BCUT2D eigenvalue weighted by atomic mass is 15.3. The molecular weight excluding hydrogens is 222 g/mol. The SMILES string of the molecule is CCCn1ncc(CNCC)c1-c1ccccc1. The molecule has 0 aliphatic heterocycles. The highest BCUT2D eigenvalue weighted by molar-refractivity contribution is 5.63. The van der Waals surface area contributed by atoms with Crippen molar-refractivity contribution in [2.75, 3.05) is 6.54 Å². The maximum absolute atomic E-state index is 4.51. The van der Waals surface area contributed by atoms with Gasteiger partial charge in [-0.3, -0.25) is 4.68 Å². The van der Waals surface area contributed by atoms with Gasteiger partial charge in [0, 0.05) is 24.2 Å². The predicted molar refractivity (Wildman–Crippen MR) is 75.3 cm³/mol. The summed E-state index contributed by atoms with van der Waals surface area (Å²) in [6, 6.07) is 10.5. The Morgan fingerprint density at radius 3 is 2.61 bits per heavy atom. The van der Waals surface area contributed by atoms with E-state index in [4.69, 9.17) is 0 Å². The highest BCUT2D eigenvalue weighted by Gasteiger charge is 2.11. The Balaban J connectivity index is 2.37. The Kier molecular flexibility index (Phi) is 4.53. The number of nitrogens with one attached hydrogen (secondary N) is 1. The molecule has 96 valence electrons. The standard InChI is InChI=1S/C15H21N3/c1-3-10-18-15(13-8-6-5-7-9-13)14(12-17-18)11-16-4-2/h5-9,12,16H,3-4,10-11H2,1-2H3. The largest absolute Gasteiger partial charge is 0.313 e. The predicted octanol–water partition coefficient (Wildman–Crippen LogP) is 3.07. The fourth-order valence-corrected chi connectivity index (χ4v) is 2.12. The second-order valence-electron chi connectivity index (χ2n) is 4.39. The summed E-state index contributed by atoms with van der Waals surface area (Å²) in [5, 5.41) is 7.89. The fourth-order valence-electron chi connectivity index (χ4n) is 2.12. The van der Waals surface area contributed by atoms with E-state index in [0.717, 1.165) is 26.1 Å². The maximum Gasteiger partial charge on any atom is 0.0727 e. The Morgan fingerprint density at radius 1 is 1.17 bits per heavy atom. The minimum atomic E-state index is 0.879. The van der Waals surface area contributed by atoms with Gasteiger partial charge in [-0.05, 0) is 13.0 Å². The van der Waals surface area contributed by atoms with Gasteiger partial charge < -0.3 is 5.32 Å². The van der Waals surface area contributed by atoms with E-state index in [1.807, 2.05) is 12.3 Å². The highest BCUT2D eigenvalue weighted by Crippen LogP contribution is 2.23. The molecule has 0 aliphatic rings. The summed E-state index contributed by atoms with van der Waals surface area (Å²) in [4.78, 5) is 0. The molecule has 0 atom stereocenters. The van der Waals surface area contributed by atoms with Crippen LogP contribution >= 0.6 is 0 Å². The molecule has 3 heteroatoms. The molecule has 18 heavy (non-hydrogen) atoms. The molecule has 0 unspecified atom stereocenters. The van der Waals surface area contributed by atoms with Crippen molar-refractivity contribution in [2.45, 2.75) is 33.4 Å². The van der Waals surface area contributed by atoms with Crippen LogP contribution in [0.5, 0.6) is 0 Å². The number of aryl methyl sites for hydroxylation is 1. The minimum Gasteiger partial charge on any atom is -0.313 e. The third kappa shape index (κ3) is 2.79. The van der Waals surface area contributed by atoms with Gasteiger partial charge in [0.05, 0.1) is 11.9 Å². The minimum absolute atomic E-state index is 0.879. The zero-order valence-electron chi connectivity index (χ0n) is 11.2. The topological polar surface area (TPSA) is 29.9 Å². The molecule has 0 saturated carbocycles. The zero-order valence-corrected chi connectivity index (χ0v) is 11.2. The molecule has 1 aromatic heterocycles. The summed E-state index contributed by atoms with van der Waals surface area (Å²) in [5.41, 5.74) is 3.77. The van der Waals surface area contributed by atoms with Gasteiger partial charge in [-0.15, -0.1) is 0 Å². The molecule has 0 fully saturated rings. The monoisotopic (exact) mass is 243 g/mol. The lowest BCUT2D eigenvalue weighted by Gasteiger charge is -2.09. The Bertz CT molecular complexity index is 474. The smallest absolute Gasteiger partial charge is 0.0727 e. The molecule has 0 radical (unpaired) electrons. The van der Waals surface area contributed by atoms with Crippen LogP contribution in [-0.4, -0.2) is 16.3 Å². The van der Waals surface area contributed by atoms with E-state index in [2.05, 4.69) is 53.2 Å². The Hall–Kier alpha value is -1.61. The van der Waals surface area contributed by atoms with Gasteiger partial charge in [0.15, 0.2) is 0 Å². The first-order valence-electron chi connectivity index (χ1n) is 6.67. The molecule has 0 aliphatic carbocycles. The van der Waals surface area contributed by atoms with Gasteiger partial charge in [0.2, 0.25) is 0 Å². The summed E-state index contributed by atoms with van der Waals surface area (Å²) in [5.74, 6) is 0. The van der Waals surface area contributed by atoms with E-state index < -0.39 is 0 Å². The second-order valence-corrected chi connectivity index (χ2v) is 4.39. The van der Waals surface area contributed by atoms with Crippen LogP contribution in [0.1, 0.15) is 25.8 Å². The lowest BCUT2D eigenvalue weighted by molar-refractivity contribution is 0.608. The maximum atomic E-state index is 4.51. The summed E-state index contributed by atoms with van der Waals surface area (Å²) < 4.78 is 2.11. The molecule has 0 amide bonds. The van der Waals surface area contributed by atoms with Gasteiger partial charge in [0.25, 0.3) is 0 Å². The van der Waals surface area contributed by atoms with Crippen LogP contribution in [0.2, 0.25) is 0 Å². The molecule has 0 saturated heterocycles. The van der Waals surface area contributed by atoms with Gasteiger partial charge in [0.1, 0.15) is 0 Å². The zero-order chi connectivity index (χ0) is 12.8. The van der Waals surface area contributed by atoms with Crippen LogP contribution in [-0.2, 0) is 13.1 Å². The first kappa shape index (κ1) is 12.8. The molecule has 0 spiro atoms. The van der Waals surface area contributed by atoms with E-state index in [-0.39, 0.29) is 0 Å². The molecule has 1 N–H and O–H groups in total. The van der Waals surface area contributed by atoms with E-state index in [1.165, 1.54) is 16.8 Å². The number of benzene rings is 1. The summed E-state index contributed by atoms with van der Waals surface area (Å²) in [7, 11) is 0. The lowest BCUT2D eigenvalue weighted by Crippen LogP contribution is -2.12. The van der Waals surface area contributed by atoms with Crippen LogP contribution < -0.4 is 5.32 Å². The van der Waals surface area contributed by atoms with Crippen LogP contribution in [0.15, 0.2) is 36.5 Å². The van der Waals surface area contributed by atoms with Crippen molar-refractivity contribution in [2.24, 2.45) is 0 Å². The Morgan fingerprint density at radius 2 is 1.94 bits per heavy atom. The van der Waals surface area contributed by atoms with E-state index >= 15 is 0 Å². The second kappa shape index (κ2) is 6.36. The number of nitrogens with zero attached hydrogens (tertiary/aromatic N) is 2. The number of aromatic nitrogens is 2. The average molecular weight is 243 g/mol. The molecule has 1 aromatic carbocycles. The van der Waals surface area contributed by atoms with Gasteiger partial charge in [-0.25, -0.2) is 0 Å². The molecule has 2 aromatic rings. The van der Waals surface area contributed by atoms with Crippen molar-refractivity contribution in [1.29, 1.82) is 0 Å². The van der Waals surface area contributed by atoms with Crippen molar-refractivity contribution in [3.8, 4) is 11.3 Å². The van der Waals surface area contributed by atoms with Crippen LogP contribution in [0, 0.1) is 0 Å². The normalized spacial score (nSPS) is 10.8. The molecule has 1 heterocycles. The number of rotatable bonds is 6. The average Bonchev–Trinajstić information content (AvgIpc) is 2.81. The van der Waals surface area contributed by atoms with Crippen LogP contribution in [0.25, 0.3) is 11.3 Å². The lowest BCUT2D eigenvalue weighted by atomic mass is 10.1. The Labute approximate surface area is 109 Å². The third-order valence-electron chi connectivity index (χ3n) is 2.96. The number of hydrogen-bond acceptors (Lipinski definition) is 2. The van der Waals surface area contributed by atoms with Crippen molar-refractivity contribution in [3.05, 3.63) is 42.1 Å². The molecular formula is C15H21N3. The molecule has 2 rings (SSSR count). The molecule has 0 bridgehead atoms. The fraction of sp³-hybridized carbons (Fsp3) is 0.400. The quantitative estimate of drug-likeness (QED) is 0.845. The first-order valence-corrected chi connectivity index (χ1v) is 6.67. The first-order chi connectivity index (χ1) is 8.86. The summed E-state index contributed by atoms with van der Waals surface area (Å²) >= 11 is 0.